The molecule has 0 fully saturated rings. The lowest BCUT2D eigenvalue weighted by Gasteiger charge is -2.27. The molecule has 0 unspecified atom stereocenters. The maximum atomic E-state index is 13.4. The van der Waals surface area contributed by atoms with Crippen molar-refractivity contribution in [3.05, 3.63) is 65.2 Å². The summed E-state index contributed by atoms with van der Waals surface area (Å²) in [5.74, 6) is -0.704. The van der Waals surface area contributed by atoms with Crippen molar-refractivity contribution in [2.45, 2.75) is 13.5 Å². The molecule has 0 radical (unpaired) electrons. The number of rotatable bonds is 8. The molecule has 0 saturated carbocycles. The van der Waals surface area contributed by atoms with Gasteiger partial charge in [-0.25, -0.2) is 14.8 Å². The van der Waals surface area contributed by atoms with Crippen LogP contribution in [0.25, 0.3) is 0 Å². The molecule has 0 aliphatic carbocycles. The Balaban J connectivity index is 1.75. The van der Waals surface area contributed by atoms with Gasteiger partial charge in [0.15, 0.2) is 5.84 Å². The van der Waals surface area contributed by atoms with Gasteiger partial charge in [0.05, 0.1) is 23.5 Å². The Morgan fingerprint density at radius 2 is 1.66 bits per heavy atom. The molecule has 11 heteroatoms. The lowest BCUT2D eigenvalue weighted by molar-refractivity contribution is -0.253. The highest BCUT2D eigenvalue weighted by atomic mass is 17.1. The van der Waals surface area contributed by atoms with Gasteiger partial charge in [-0.05, 0) is 54.5 Å². The van der Waals surface area contributed by atoms with Gasteiger partial charge < -0.3 is 4.90 Å². The molecule has 2 aromatic carbocycles. The van der Waals surface area contributed by atoms with E-state index in [1.807, 2.05) is 31.1 Å². The Hall–Kier alpha value is -3.90. The highest BCUT2D eigenvalue weighted by molar-refractivity contribution is 6.54. The lowest BCUT2D eigenvalue weighted by Crippen LogP contribution is -2.48. The summed E-state index contributed by atoms with van der Waals surface area (Å²) in [6.07, 6.45) is 0. The molecule has 4 rings (SSSR count). The number of nitrogens with zero attached hydrogens (tertiary/aromatic N) is 5. The number of hydrogen-bond donors (Lipinski definition) is 2. The summed E-state index contributed by atoms with van der Waals surface area (Å²) in [5, 5.41) is 23.1. The van der Waals surface area contributed by atoms with Crippen LogP contribution in [0.4, 0.5) is 17.1 Å². The first kappa shape index (κ1) is 24.2. The minimum atomic E-state index is -0.455. The molecule has 2 aliphatic rings. The molecule has 0 atom stereocenters. The zero-order valence-corrected chi connectivity index (χ0v) is 19.5. The molecule has 11 nitrogen and oxygen atoms in total. The van der Waals surface area contributed by atoms with Gasteiger partial charge in [-0.3, -0.25) is 25.0 Å². The Kier molecular flexibility index (Phi) is 7.03. The summed E-state index contributed by atoms with van der Waals surface area (Å²) in [5.41, 5.74) is 3.48. The van der Waals surface area contributed by atoms with E-state index in [-0.39, 0.29) is 36.9 Å². The lowest BCUT2D eigenvalue weighted by atomic mass is 9.97. The van der Waals surface area contributed by atoms with Gasteiger partial charge in [0.1, 0.15) is 18.9 Å². The number of carbonyl (C=O) groups excluding carboxylic acids is 2. The number of benzene rings is 2. The standard InChI is InChI=1S/C24H25N5O6/c1-15-20-22(26-29(23(20)30)19-8-4-16(5-9-19)14-35-33)28(12-13-34-32)24(31)21(15)25-17-6-10-18(11-7-17)27(2)3/h4-11,32-33H,12-14H2,1-3H3. The molecule has 2 aliphatic heterocycles. The average Bonchev–Trinajstić information content (AvgIpc) is 3.19. The van der Waals surface area contributed by atoms with Crippen molar-refractivity contribution in [2.24, 2.45) is 10.1 Å². The summed E-state index contributed by atoms with van der Waals surface area (Å²) < 4.78 is 0. The van der Waals surface area contributed by atoms with Crippen LogP contribution in [0.2, 0.25) is 0 Å². The van der Waals surface area contributed by atoms with Gasteiger partial charge in [0, 0.05) is 19.8 Å². The number of anilines is 2. The molecule has 0 aromatic heterocycles. The smallest absolute Gasteiger partial charge is 0.282 e. The normalized spacial score (nSPS) is 16.8. The quantitative estimate of drug-likeness (QED) is 0.440. The second-order valence-electron chi connectivity index (χ2n) is 8.14. The van der Waals surface area contributed by atoms with Gasteiger partial charge in [0.25, 0.3) is 11.8 Å². The minimum absolute atomic E-state index is 0.00575. The Labute approximate surface area is 201 Å². The van der Waals surface area contributed by atoms with E-state index in [1.165, 1.54) is 9.91 Å². The summed E-state index contributed by atoms with van der Waals surface area (Å²) in [4.78, 5) is 42.9. The van der Waals surface area contributed by atoms with Gasteiger partial charge in [-0.2, -0.15) is 5.01 Å². The largest absolute Gasteiger partial charge is 0.378 e. The Morgan fingerprint density at radius 3 is 2.26 bits per heavy atom. The van der Waals surface area contributed by atoms with E-state index in [9.17, 15) is 9.59 Å². The zero-order valence-electron chi connectivity index (χ0n) is 19.5. The van der Waals surface area contributed by atoms with Crippen LogP contribution in [-0.2, 0) is 26.0 Å². The predicted molar refractivity (Wildman–Crippen MR) is 130 cm³/mol. The van der Waals surface area contributed by atoms with Crippen molar-refractivity contribution in [1.29, 1.82) is 0 Å². The van der Waals surface area contributed by atoms with Gasteiger partial charge >= 0.3 is 0 Å². The molecule has 2 heterocycles. The van der Waals surface area contributed by atoms with E-state index in [0.717, 1.165) is 5.69 Å². The van der Waals surface area contributed by atoms with Crippen molar-refractivity contribution in [1.82, 2.24) is 4.90 Å². The molecule has 0 saturated heterocycles. The predicted octanol–water partition coefficient (Wildman–Crippen LogP) is 2.82. The maximum Gasteiger partial charge on any atom is 0.282 e. The minimum Gasteiger partial charge on any atom is -0.378 e. The van der Waals surface area contributed by atoms with E-state index in [1.54, 1.807) is 43.3 Å². The van der Waals surface area contributed by atoms with Crippen LogP contribution < -0.4 is 9.91 Å². The summed E-state index contributed by atoms with van der Waals surface area (Å²) in [6.45, 7) is 1.47. The molecule has 0 spiro atoms. The van der Waals surface area contributed by atoms with Crippen molar-refractivity contribution >= 4 is 40.4 Å². The summed E-state index contributed by atoms with van der Waals surface area (Å²) in [7, 11) is 3.85. The average molecular weight is 479 g/mol. The van der Waals surface area contributed by atoms with Crippen LogP contribution >= 0.6 is 0 Å². The number of amidine groups is 1. The van der Waals surface area contributed by atoms with E-state index < -0.39 is 11.8 Å². The number of hydrogen-bond acceptors (Lipinski definition) is 9. The van der Waals surface area contributed by atoms with Crippen LogP contribution in [-0.4, -0.2) is 66.0 Å². The highest BCUT2D eigenvalue weighted by Crippen LogP contribution is 2.32. The van der Waals surface area contributed by atoms with E-state index >= 15 is 0 Å². The third-order valence-corrected chi connectivity index (χ3v) is 5.68. The molecule has 2 N–H and O–H groups in total. The number of fused-ring (bicyclic) bond motifs is 1. The van der Waals surface area contributed by atoms with Crippen molar-refractivity contribution < 1.29 is 29.9 Å². The third-order valence-electron chi connectivity index (χ3n) is 5.68. The fourth-order valence-corrected chi connectivity index (χ4v) is 3.82. The maximum absolute atomic E-state index is 13.4. The summed E-state index contributed by atoms with van der Waals surface area (Å²) in [6, 6.07) is 14.0. The SMILES string of the molecule is CC1=C2C(=O)N(c3ccc(COO)cc3)N=C2N(CCOO)C(=O)C1=Nc1ccc(N(C)C)cc1. The number of carbonyl (C=O) groups is 2. The van der Waals surface area contributed by atoms with Crippen molar-refractivity contribution in [3.63, 3.8) is 0 Å². The van der Waals surface area contributed by atoms with Crippen molar-refractivity contribution in [3.8, 4) is 0 Å². The number of hydrazone groups is 1. The van der Waals surface area contributed by atoms with Crippen molar-refractivity contribution in [2.75, 3.05) is 37.2 Å². The van der Waals surface area contributed by atoms with Gasteiger partial charge in [0.2, 0.25) is 0 Å². The zero-order chi connectivity index (χ0) is 25.1. The molecule has 182 valence electrons. The first-order valence-electron chi connectivity index (χ1n) is 10.8. The van der Waals surface area contributed by atoms with Gasteiger partial charge in [-0.1, -0.05) is 12.1 Å². The fraction of sp³-hybridized carbons (Fsp3) is 0.250. The molecular formula is C24H25N5O6. The first-order valence-corrected chi connectivity index (χ1v) is 10.8. The molecule has 2 amide bonds. The summed E-state index contributed by atoms with van der Waals surface area (Å²) >= 11 is 0. The highest BCUT2D eigenvalue weighted by Gasteiger charge is 2.44. The Bertz CT molecular complexity index is 1220. The third kappa shape index (κ3) is 4.70. The van der Waals surface area contributed by atoms with Crippen LogP contribution in [0.3, 0.4) is 0 Å². The van der Waals surface area contributed by atoms with Crippen LogP contribution in [0.5, 0.6) is 0 Å². The second-order valence-corrected chi connectivity index (χ2v) is 8.14. The van der Waals surface area contributed by atoms with Gasteiger partial charge in [-0.15, -0.1) is 5.10 Å². The second kappa shape index (κ2) is 10.2. The van der Waals surface area contributed by atoms with E-state index in [2.05, 4.69) is 19.9 Å². The number of aliphatic imine (C=N–C) groups is 1. The fourth-order valence-electron chi connectivity index (χ4n) is 3.82. The van der Waals surface area contributed by atoms with E-state index in [0.29, 0.717) is 22.5 Å². The van der Waals surface area contributed by atoms with E-state index in [4.69, 9.17) is 10.5 Å². The van der Waals surface area contributed by atoms with Crippen LogP contribution in [0, 0.1) is 0 Å². The Morgan fingerprint density at radius 1 is 0.971 bits per heavy atom. The molecule has 35 heavy (non-hydrogen) atoms. The topological polar surface area (TPSA) is 128 Å². The first-order chi connectivity index (χ1) is 16.8. The molecule has 0 bridgehead atoms. The van der Waals surface area contributed by atoms with Crippen LogP contribution in [0.1, 0.15) is 12.5 Å². The molecular weight excluding hydrogens is 454 g/mol. The monoisotopic (exact) mass is 479 g/mol. The van der Waals surface area contributed by atoms with Crippen LogP contribution in [0.15, 0.2) is 69.8 Å². The number of amides is 2. The molecule has 2 aromatic rings.